The van der Waals surface area contributed by atoms with Crippen molar-refractivity contribution in [3.8, 4) is 5.75 Å². The maximum absolute atomic E-state index is 11.9. The Morgan fingerprint density at radius 3 is 3.12 bits per heavy atom. The van der Waals surface area contributed by atoms with Crippen molar-refractivity contribution in [3.63, 3.8) is 0 Å². The summed E-state index contributed by atoms with van der Waals surface area (Å²) in [6, 6.07) is 3.04. The fourth-order valence-electron chi connectivity index (χ4n) is 1.83. The Labute approximate surface area is 93.9 Å². The molecule has 2 heterocycles. The van der Waals surface area contributed by atoms with Crippen LogP contribution >= 0.6 is 0 Å². The van der Waals surface area contributed by atoms with Crippen molar-refractivity contribution in [2.45, 2.75) is 18.9 Å². The van der Waals surface area contributed by atoms with Gasteiger partial charge in [0.25, 0.3) is 5.91 Å². The summed E-state index contributed by atoms with van der Waals surface area (Å²) in [5, 5.41) is 15.6. The summed E-state index contributed by atoms with van der Waals surface area (Å²) in [4.78, 5) is 15.7. The number of aromatic nitrogens is 1. The van der Waals surface area contributed by atoms with Crippen LogP contribution in [0, 0.1) is 0 Å². The van der Waals surface area contributed by atoms with Crippen LogP contribution < -0.4 is 10.6 Å². The monoisotopic (exact) mass is 221 g/mol. The highest BCUT2D eigenvalue weighted by Gasteiger charge is 2.31. The van der Waals surface area contributed by atoms with E-state index in [9.17, 15) is 9.90 Å². The summed E-state index contributed by atoms with van der Waals surface area (Å²) >= 11 is 0. The molecule has 86 valence electrons. The SMILES string of the molecule is CC1(NC(=O)c2ncccc2O)CCNC1. The van der Waals surface area contributed by atoms with E-state index in [-0.39, 0.29) is 22.9 Å². The summed E-state index contributed by atoms with van der Waals surface area (Å²) in [5.41, 5.74) is -0.170. The van der Waals surface area contributed by atoms with E-state index in [1.54, 1.807) is 6.07 Å². The molecule has 1 aliphatic heterocycles. The summed E-state index contributed by atoms with van der Waals surface area (Å²) in [7, 11) is 0. The summed E-state index contributed by atoms with van der Waals surface area (Å²) in [6.45, 7) is 3.61. The Morgan fingerprint density at radius 2 is 2.50 bits per heavy atom. The highest BCUT2D eigenvalue weighted by atomic mass is 16.3. The molecule has 1 unspecified atom stereocenters. The number of rotatable bonds is 2. The van der Waals surface area contributed by atoms with Gasteiger partial charge < -0.3 is 15.7 Å². The van der Waals surface area contributed by atoms with Crippen molar-refractivity contribution in [1.29, 1.82) is 0 Å². The molecule has 1 fully saturated rings. The van der Waals surface area contributed by atoms with E-state index in [2.05, 4.69) is 15.6 Å². The van der Waals surface area contributed by atoms with Crippen LogP contribution in [0.3, 0.4) is 0 Å². The number of amides is 1. The van der Waals surface area contributed by atoms with E-state index in [0.717, 1.165) is 19.5 Å². The molecule has 1 aromatic rings. The first-order chi connectivity index (χ1) is 7.61. The second-order valence-electron chi connectivity index (χ2n) is 4.31. The number of hydrogen-bond donors (Lipinski definition) is 3. The van der Waals surface area contributed by atoms with Gasteiger partial charge in [0.2, 0.25) is 0 Å². The molecule has 1 saturated heterocycles. The third-order valence-electron chi connectivity index (χ3n) is 2.79. The van der Waals surface area contributed by atoms with Crippen molar-refractivity contribution >= 4 is 5.91 Å². The van der Waals surface area contributed by atoms with Crippen LogP contribution in [0.1, 0.15) is 23.8 Å². The average molecular weight is 221 g/mol. The lowest BCUT2D eigenvalue weighted by Gasteiger charge is -2.24. The Kier molecular flexibility index (Phi) is 2.78. The van der Waals surface area contributed by atoms with Gasteiger partial charge in [-0.05, 0) is 32.0 Å². The van der Waals surface area contributed by atoms with E-state index >= 15 is 0 Å². The smallest absolute Gasteiger partial charge is 0.274 e. The predicted octanol–water partition coefficient (Wildman–Crippen LogP) is 0.269. The lowest BCUT2D eigenvalue weighted by molar-refractivity contribution is 0.0905. The highest BCUT2D eigenvalue weighted by Crippen LogP contribution is 2.17. The molecule has 5 heteroatoms. The van der Waals surface area contributed by atoms with E-state index in [1.165, 1.54) is 12.3 Å². The highest BCUT2D eigenvalue weighted by molar-refractivity contribution is 5.95. The molecule has 16 heavy (non-hydrogen) atoms. The summed E-state index contributed by atoms with van der Waals surface area (Å²) in [5.74, 6) is -0.418. The number of pyridine rings is 1. The minimum Gasteiger partial charge on any atom is -0.505 e. The zero-order chi connectivity index (χ0) is 11.6. The Morgan fingerprint density at radius 1 is 1.69 bits per heavy atom. The summed E-state index contributed by atoms with van der Waals surface area (Å²) in [6.07, 6.45) is 2.37. The van der Waals surface area contributed by atoms with Crippen LogP contribution in [-0.2, 0) is 0 Å². The van der Waals surface area contributed by atoms with Gasteiger partial charge in [0.15, 0.2) is 5.69 Å². The molecule has 0 bridgehead atoms. The Balaban J connectivity index is 2.11. The fourth-order valence-corrected chi connectivity index (χ4v) is 1.83. The Bertz CT molecular complexity index is 400. The normalized spacial score (nSPS) is 24.3. The third-order valence-corrected chi connectivity index (χ3v) is 2.79. The average Bonchev–Trinajstić information content (AvgIpc) is 2.65. The first-order valence-electron chi connectivity index (χ1n) is 5.28. The van der Waals surface area contributed by atoms with Crippen LogP contribution in [-0.4, -0.2) is 34.6 Å². The minimum absolute atomic E-state index is 0.0793. The molecule has 1 aromatic heterocycles. The standard InChI is InChI=1S/C11H15N3O2/c1-11(4-6-12-7-11)14-10(16)9-8(15)3-2-5-13-9/h2-3,5,12,15H,4,6-7H2,1H3,(H,14,16). The molecule has 1 atom stereocenters. The topological polar surface area (TPSA) is 74.2 Å². The maximum atomic E-state index is 11.9. The van der Waals surface area contributed by atoms with Gasteiger partial charge in [-0.25, -0.2) is 4.98 Å². The first-order valence-corrected chi connectivity index (χ1v) is 5.28. The number of carbonyl (C=O) groups excluding carboxylic acids is 1. The lowest BCUT2D eigenvalue weighted by atomic mass is 10.0. The minimum atomic E-state index is -0.329. The second kappa shape index (κ2) is 4.09. The van der Waals surface area contributed by atoms with Crippen LogP contribution in [0.4, 0.5) is 0 Å². The first kappa shape index (κ1) is 10.9. The maximum Gasteiger partial charge on any atom is 0.274 e. The van der Waals surface area contributed by atoms with Gasteiger partial charge in [0, 0.05) is 12.7 Å². The quantitative estimate of drug-likeness (QED) is 0.670. The molecule has 3 N–H and O–H groups in total. The van der Waals surface area contributed by atoms with Crippen molar-refractivity contribution < 1.29 is 9.90 Å². The van der Waals surface area contributed by atoms with Crippen molar-refractivity contribution in [3.05, 3.63) is 24.0 Å². The Hall–Kier alpha value is -1.62. The summed E-state index contributed by atoms with van der Waals surface area (Å²) < 4.78 is 0. The van der Waals surface area contributed by atoms with Gasteiger partial charge in [-0.2, -0.15) is 0 Å². The van der Waals surface area contributed by atoms with E-state index in [0.29, 0.717) is 0 Å². The molecule has 5 nitrogen and oxygen atoms in total. The number of hydrogen-bond acceptors (Lipinski definition) is 4. The van der Waals surface area contributed by atoms with Crippen molar-refractivity contribution in [2.75, 3.05) is 13.1 Å². The zero-order valence-corrected chi connectivity index (χ0v) is 9.16. The number of nitrogens with one attached hydrogen (secondary N) is 2. The largest absolute Gasteiger partial charge is 0.505 e. The van der Waals surface area contributed by atoms with Gasteiger partial charge in [0.05, 0.1) is 5.54 Å². The van der Waals surface area contributed by atoms with E-state index in [4.69, 9.17) is 0 Å². The number of carbonyl (C=O) groups is 1. The molecule has 0 aliphatic carbocycles. The molecule has 0 aromatic carbocycles. The molecule has 0 spiro atoms. The predicted molar refractivity (Wildman–Crippen MR) is 59.3 cm³/mol. The molecule has 0 saturated carbocycles. The fraction of sp³-hybridized carbons (Fsp3) is 0.455. The molecule has 2 rings (SSSR count). The lowest BCUT2D eigenvalue weighted by Crippen LogP contribution is -2.47. The van der Waals surface area contributed by atoms with Gasteiger partial charge in [-0.15, -0.1) is 0 Å². The van der Waals surface area contributed by atoms with Gasteiger partial charge >= 0.3 is 0 Å². The third kappa shape index (κ3) is 2.14. The number of aromatic hydroxyl groups is 1. The van der Waals surface area contributed by atoms with E-state index < -0.39 is 0 Å². The van der Waals surface area contributed by atoms with Gasteiger partial charge in [-0.1, -0.05) is 0 Å². The molecule has 1 amide bonds. The van der Waals surface area contributed by atoms with E-state index in [1.807, 2.05) is 6.92 Å². The molecule has 1 aliphatic rings. The van der Waals surface area contributed by atoms with Crippen LogP contribution in [0.25, 0.3) is 0 Å². The molecular formula is C11H15N3O2. The molecule has 0 radical (unpaired) electrons. The van der Waals surface area contributed by atoms with Gasteiger partial charge in [0.1, 0.15) is 5.75 Å². The molecular weight excluding hydrogens is 206 g/mol. The second-order valence-corrected chi connectivity index (χ2v) is 4.31. The van der Waals surface area contributed by atoms with Crippen molar-refractivity contribution in [1.82, 2.24) is 15.6 Å². The van der Waals surface area contributed by atoms with Crippen LogP contribution in [0.5, 0.6) is 5.75 Å². The van der Waals surface area contributed by atoms with Gasteiger partial charge in [-0.3, -0.25) is 4.79 Å². The van der Waals surface area contributed by atoms with Crippen LogP contribution in [0.15, 0.2) is 18.3 Å². The van der Waals surface area contributed by atoms with Crippen LogP contribution in [0.2, 0.25) is 0 Å². The van der Waals surface area contributed by atoms with Crippen molar-refractivity contribution in [2.24, 2.45) is 0 Å². The zero-order valence-electron chi connectivity index (χ0n) is 9.16. The number of nitrogens with zero attached hydrogens (tertiary/aromatic N) is 1.